The summed E-state index contributed by atoms with van der Waals surface area (Å²) < 4.78 is 20.3. The van der Waals surface area contributed by atoms with Gasteiger partial charge in [0.25, 0.3) is 0 Å². The van der Waals surface area contributed by atoms with Gasteiger partial charge in [-0.1, -0.05) is 19.8 Å². The molecular formula is C16H22ClN5O3. The lowest BCUT2D eigenvalue weighted by atomic mass is 10.1. The van der Waals surface area contributed by atoms with Gasteiger partial charge in [-0.3, -0.25) is 4.57 Å². The molecule has 0 aromatic carbocycles. The molecular weight excluding hydrogens is 346 g/mol. The fourth-order valence-corrected chi connectivity index (χ4v) is 3.79. The number of hydrogen-bond acceptors (Lipinski definition) is 7. The molecule has 0 amide bonds. The van der Waals surface area contributed by atoms with Crippen LogP contribution in [0.4, 0.5) is 5.82 Å². The van der Waals surface area contributed by atoms with Crippen molar-refractivity contribution in [3.05, 3.63) is 11.6 Å². The van der Waals surface area contributed by atoms with Crippen LogP contribution in [0.15, 0.2) is 6.33 Å². The van der Waals surface area contributed by atoms with Crippen LogP contribution in [0.5, 0.6) is 0 Å². The molecule has 4 rings (SSSR count). The van der Waals surface area contributed by atoms with Gasteiger partial charge in [0.2, 0.25) is 5.28 Å². The molecule has 4 heterocycles. The zero-order valence-electron chi connectivity index (χ0n) is 14.5. The molecule has 2 fully saturated rings. The van der Waals surface area contributed by atoms with Crippen molar-refractivity contribution in [2.45, 2.75) is 70.4 Å². The van der Waals surface area contributed by atoms with E-state index in [4.69, 9.17) is 31.5 Å². The van der Waals surface area contributed by atoms with E-state index in [2.05, 4.69) is 21.9 Å². The number of ether oxygens (including phenoxy) is 3. The standard InChI is InChI=1S/C16H22ClN5O3/c1-4-5-6-8-10-11(25-16(2,3)24-10)14(23-8)22-7-19-9-12(18)20-15(17)21-13(9)22/h7-8,10-11,14H,4-6H2,1-3H3,(H2,18,20,21)/t8-,10-,11-,14-/m1/s1. The number of nitrogen functional groups attached to an aromatic ring is 1. The van der Waals surface area contributed by atoms with Crippen LogP contribution >= 0.6 is 11.6 Å². The molecule has 2 aliphatic rings. The van der Waals surface area contributed by atoms with Gasteiger partial charge in [0.05, 0.1) is 12.4 Å². The number of fused-ring (bicyclic) bond motifs is 2. The number of rotatable bonds is 4. The lowest BCUT2D eigenvalue weighted by molar-refractivity contribution is -0.197. The summed E-state index contributed by atoms with van der Waals surface area (Å²) in [4.78, 5) is 12.5. The lowest BCUT2D eigenvalue weighted by Crippen LogP contribution is -2.29. The molecule has 4 atom stereocenters. The molecule has 136 valence electrons. The molecule has 25 heavy (non-hydrogen) atoms. The second-order valence-electron chi connectivity index (χ2n) is 6.97. The Morgan fingerprint density at radius 1 is 1.28 bits per heavy atom. The lowest BCUT2D eigenvalue weighted by Gasteiger charge is -2.24. The Hall–Kier alpha value is -1.48. The molecule has 2 aliphatic heterocycles. The Kier molecular flexibility index (Phi) is 4.10. The van der Waals surface area contributed by atoms with E-state index in [0.29, 0.717) is 11.2 Å². The van der Waals surface area contributed by atoms with Crippen LogP contribution in [-0.4, -0.2) is 43.6 Å². The molecule has 0 saturated carbocycles. The number of aromatic nitrogens is 4. The molecule has 0 radical (unpaired) electrons. The first-order valence-electron chi connectivity index (χ1n) is 8.56. The van der Waals surface area contributed by atoms with Gasteiger partial charge in [-0.05, 0) is 31.9 Å². The molecule has 0 spiro atoms. The molecule has 9 heteroatoms. The molecule has 2 aromatic heterocycles. The highest BCUT2D eigenvalue weighted by Crippen LogP contribution is 2.45. The zero-order valence-corrected chi connectivity index (χ0v) is 15.2. The number of nitrogens with two attached hydrogens (primary N) is 1. The zero-order chi connectivity index (χ0) is 17.8. The minimum Gasteiger partial charge on any atom is -0.382 e. The Labute approximate surface area is 150 Å². The van der Waals surface area contributed by atoms with Crippen molar-refractivity contribution >= 4 is 28.6 Å². The summed E-state index contributed by atoms with van der Waals surface area (Å²) in [6, 6.07) is 0. The van der Waals surface area contributed by atoms with Gasteiger partial charge in [0.15, 0.2) is 23.5 Å². The van der Waals surface area contributed by atoms with Crippen LogP contribution in [0.1, 0.15) is 46.3 Å². The molecule has 0 unspecified atom stereocenters. The van der Waals surface area contributed by atoms with E-state index < -0.39 is 12.0 Å². The molecule has 0 aliphatic carbocycles. The minimum atomic E-state index is -0.649. The smallest absolute Gasteiger partial charge is 0.226 e. The molecule has 0 bridgehead atoms. The fraction of sp³-hybridized carbons (Fsp3) is 0.688. The summed E-state index contributed by atoms with van der Waals surface area (Å²) >= 11 is 5.97. The van der Waals surface area contributed by atoms with Crippen LogP contribution in [0.3, 0.4) is 0 Å². The fourth-order valence-electron chi connectivity index (χ4n) is 3.62. The number of anilines is 1. The normalized spacial score (nSPS) is 30.9. The minimum absolute atomic E-state index is 0.0381. The van der Waals surface area contributed by atoms with Gasteiger partial charge in [0, 0.05) is 0 Å². The van der Waals surface area contributed by atoms with Crippen LogP contribution in [0, 0.1) is 0 Å². The Morgan fingerprint density at radius 3 is 2.80 bits per heavy atom. The van der Waals surface area contributed by atoms with Gasteiger partial charge in [-0.2, -0.15) is 9.97 Å². The maximum atomic E-state index is 6.28. The number of nitrogens with zero attached hydrogens (tertiary/aromatic N) is 4. The second-order valence-corrected chi connectivity index (χ2v) is 7.31. The van der Waals surface area contributed by atoms with E-state index in [1.807, 2.05) is 18.4 Å². The predicted octanol–water partition coefficient (Wildman–Crippen LogP) is 2.67. The van der Waals surface area contributed by atoms with Crippen molar-refractivity contribution in [2.24, 2.45) is 0 Å². The summed E-state index contributed by atoms with van der Waals surface area (Å²) in [7, 11) is 0. The average molecular weight is 368 g/mol. The summed E-state index contributed by atoms with van der Waals surface area (Å²) in [6.07, 6.45) is 3.91. The van der Waals surface area contributed by atoms with Crippen molar-refractivity contribution in [3.8, 4) is 0 Å². The highest BCUT2D eigenvalue weighted by molar-refractivity contribution is 6.28. The maximum absolute atomic E-state index is 6.28. The third-order valence-corrected chi connectivity index (χ3v) is 4.83. The molecule has 2 saturated heterocycles. The van der Waals surface area contributed by atoms with Gasteiger partial charge in [-0.15, -0.1) is 0 Å². The van der Waals surface area contributed by atoms with E-state index in [1.54, 1.807) is 6.33 Å². The first-order valence-corrected chi connectivity index (χ1v) is 8.94. The highest BCUT2D eigenvalue weighted by atomic mass is 35.5. The van der Waals surface area contributed by atoms with Crippen molar-refractivity contribution < 1.29 is 14.2 Å². The van der Waals surface area contributed by atoms with Crippen molar-refractivity contribution in [1.29, 1.82) is 0 Å². The van der Waals surface area contributed by atoms with E-state index >= 15 is 0 Å². The Morgan fingerprint density at radius 2 is 2.04 bits per heavy atom. The quantitative estimate of drug-likeness (QED) is 0.829. The Bertz CT molecular complexity index is 795. The van der Waals surface area contributed by atoms with E-state index in [9.17, 15) is 0 Å². The molecule has 2 aromatic rings. The van der Waals surface area contributed by atoms with Gasteiger partial charge < -0.3 is 19.9 Å². The van der Waals surface area contributed by atoms with E-state index in [-0.39, 0.29) is 29.4 Å². The number of hydrogen-bond donors (Lipinski definition) is 1. The third kappa shape index (κ3) is 2.87. The number of halogens is 1. The third-order valence-electron chi connectivity index (χ3n) is 4.66. The SMILES string of the molecule is CCCC[C@H]1O[C@@H](n2cnc3c(N)nc(Cl)nc32)[C@@H]2OC(C)(C)O[C@@H]21. The van der Waals surface area contributed by atoms with Crippen molar-refractivity contribution in [1.82, 2.24) is 19.5 Å². The summed E-state index contributed by atoms with van der Waals surface area (Å²) in [5.41, 5.74) is 6.94. The first kappa shape index (κ1) is 17.0. The monoisotopic (exact) mass is 367 g/mol. The number of unbranched alkanes of at least 4 members (excludes halogenated alkanes) is 1. The predicted molar refractivity (Wildman–Crippen MR) is 92.0 cm³/mol. The van der Waals surface area contributed by atoms with Crippen molar-refractivity contribution in [3.63, 3.8) is 0 Å². The second kappa shape index (κ2) is 6.05. The van der Waals surface area contributed by atoms with Crippen LogP contribution in [-0.2, 0) is 14.2 Å². The van der Waals surface area contributed by atoms with Crippen LogP contribution < -0.4 is 5.73 Å². The Balaban J connectivity index is 1.72. The highest BCUT2D eigenvalue weighted by Gasteiger charge is 2.55. The van der Waals surface area contributed by atoms with E-state index in [0.717, 1.165) is 19.3 Å². The maximum Gasteiger partial charge on any atom is 0.226 e. The first-order chi connectivity index (χ1) is 11.9. The van der Waals surface area contributed by atoms with Gasteiger partial charge >= 0.3 is 0 Å². The summed E-state index contributed by atoms with van der Waals surface area (Å²) in [6.45, 7) is 6.00. The molecule has 8 nitrogen and oxygen atoms in total. The van der Waals surface area contributed by atoms with E-state index in [1.165, 1.54) is 0 Å². The summed E-state index contributed by atoms with van der Waals surface area (Å²) in [5.74, 6) is -0.404. The van der Waals surface area contributed by atoms with Gasteiger partial charge in [0.1, 0.15) is 17.7 Å². The summed E-state index contributed by atoms with van der Waals surface area (Å²) in [5, 5.41) is 0.0766. The van der Waals surface area contributed by atoms with Crippen molar-refractivity contribution in [2.75, 3.05) is 5.73 Å². The molecule has 2 N–H and O–H groups in total. The largest absolute Gasteiger partial charge is 0.382 e. The van der Waals surface area contributed by atoms with Crippen LogP contribution in [0.25, 0.3) is 11.2 Å². The number of imidazole rings is 1. The van der Waals surface area contributed by atoms with Crippen LogP contribution in [0.2, 0.25) is 5.28 Å². The van der Waals surface area contributed by atoms with Gasteiger partial charge in [-0.25, -0.2) is 4.98 Å². The topological polar surface area (TPSA) is 97.3 Å². The average Bonchev–Trinajstić information content (AvgIpc) is 3.16.